The van der Waals surface area contributed by atoms with E-state index in [1.54, 1.807) is 22.6 Å². The maximum Gasteiger partial charge on any atom is 0.321 e. The molecule has 0 radical (unpaired) electrons. The van der Waals surface area contributed by atoms with Crippen molar-refractivity contribution in [2.24, 2.45) is 7.05 Å². The van der Waals surface area contributed by atoms with Crippen molar-refractivity contribution in [3.8, 4) is 0 Å². The fourth-order valence-electron chi connectivity index (χ4n) is 1.38. The van der Waals surface area contributed by atoms with Gasteiger partial charge in [0.1, 0.15) is 6.04 Å². The van der Waals surface area contributed by atoms with Gasteiger partial charge < -0.3 is 5.11 Å². The Kier molecular flexibility index (Phi) is 2.47. The molecule has 0 aliphatic carbocycles. The molecule has 1 aromatic rings. The molecule has 0 unspecified atom stereocenters. The van der Waals surface area contributed by atoms with E-state index in [0.717, 1.165) is 5.56 Å². The van der Waals surface area contributed by atoms with Crippen molar-refractivity contribution in [1.82, 2.24) is 15.1 Å². The molecule has 0 bridgehead atoms. The molecule has 0 spiro atoms. The first-order chi connectivity index (χ1) is 6.66. The monoisotopic (exact) mass is 213 g/mol. The fraction of sp³-hybridized carbons (Fsp3) is 0.500. The van der Waals surface area contributed by atoms with Crippen LogP contribution in [0.3, 0.4) is 0 Å². The third-order valence-corrected chi connectivity index (χ3v) is 3.38. The molecule has 1 aromatic heterocycles. The van der Waals surface area contributed by atoms with Gasteiger partial charge in [-0.15, -0.1) is 11.8 Å². The smallest absolute Gasteiger partial charge is 0.321 e. The molecule has 2 rings (SSSR count). The van der Waals surface area contributed by atoms with Gasteiger partial charge in [0.05, 0.1) is 11.6 Å². The molecule has 6 heteroatoms. The minimum Gasteiger partial charge on any atom is -0.480 e. The summed E-state index contributed by atoms with van der Waals surface area (Å²) in [5, 5.41) is 15.9. The predicted molar refractivity (Wildman–Crippen MR) is 53.0 cm³/mol. The Bertz CT molecular complexity index is 352. The standard InChI is InChI=1S/C8H11N3O2S/c1-11-3-5(2-9-11)7-10-6(4-14-7)8(12)13/h2-3,6-7,10H,4H2,1H3,(H,12,13)/t6-,7+/m0/s1. The number of carboxylic acid groups (broad SMARTS) is 1. The Balaban J connectivity index is 2.05. The second-order valence-corrected chi connectivity index (χ2v) is 4.36. The Morgan fingerprint density at radius 3 is 3.14 bits per heavy atom. The Labute approximate surface area is 85.5 Å². The zero-order chi connectivity index (χ0) is 10.1. The number of aliphatic carboxylic acids is 1. The summed E-state index contributed by atoms with van der Waals surface area (Å²) in [5.74, 6) is -0.182. The van der Waals surface area contributed by atoms with Crippen LogP contribution in [-0.2, 0) is 11.8 Å². The third kappa shape index (κ3) is 1.76. The van der Waals surface area contributed by atoms with E-state index in [1.165, 1.54) is 0 Å². The van der Waals surface area contributed by atoms with Crippen LogP contribution >= 0.6 is 11.8 Å². The van der Waals surface area contributed by atoms with Gasteiger partial charge in [0.2, 0.25) is 0 Å². The lowest BCUT2D eigenvalue weighted by atomic mass is 10.3. The Morgan fingerprint density at radius 1 is 1.86 bits per heavy atom. The summed E-state index contributed by atoms with van der Waals surface area (Å²) in [6.45, 7) is 0. The van der Waals surface area contributed by atoms with Gasteiger partial charge in [0.25, 0.3) is 0 Å². The molecule has 1 saturated heterocycles. The largest absolute Gasteiger partial charge is 0.480 e. The average Bonchev–Trinajstić information content (AvgIpc) is 2.70. The number of nitrogens with zero attached hydrogens (tertiary/aromatic N) is 2. The maximum absolute atomic E-state index is 10.7. The third-order valence-electron chi connectivity index (χ3n) is 2.11. The topological polar surface area (TPSA) is 67.2 Å². The van der Waals surface area contributed by atoms with Gasteiger partial charge in [-0.05, 0) is 0 Å². The summed E-state index contributed by atoms with van der Waals surface area (Å²) in [6, 6.07) is -0.440. The zero-order valence-electron chi connectivity index (χ0n) is 7.67. The van der Waals surface area contributed by atoms with Gasteiger partial charge in [0.15, 0.2) is 0 Å². The van der Waals surface area contributed by atoms with Gasteiger partial charge in [0, 0.05) is 24.6 Å². The van der Waals surface area contributed by atoms with Crippen molar-refractivity contribution in [2.75, 3.05) is 5.75 Å². The van der Waals surface area contributed by atoms with Crippen molar-refractivity contribution in [3.05, 3.63) is 18.0 Å². The highest BCUT2D eigenvalue weighted by Gasteiger charge is 2.30. The highest BCUT2D eigenvalue weighted by atomic mass is 32.2. The quantitative estimate of drug-likeness (QED) is 0.735. The van der Waals surface area contributed by atoms with Crippen molar-refractivity contribution >= 4 is 17.7 Å². The number of aryl methyl sites for hydroxylation is 1. The zero-order valence-corrected chi connectivity index (χ0v) is 8.49. The molecule has 1 aliphatic rings. The molecule has 5 nitrogen and oxygen atoms in total. The van der Waals surface area contributed by atoms with Gasteiger partial charge in [-0.25, -0.2) is 0 Å². The van der Waals surface area contributed by atoms with Gasteiger partial charge in [-0.1, -0.05) is 0 Å². The lowest BCUT2D eigenvalue weighted by molar-refractivity contribution is -0.138. The number of hydrogen-bond acceptors (Lipinski definition) is 4. The molecule has 1 fully saturated rings. The van der Waals surface area contributed by atoms with Crippen LogP contribution in [0.15, 0.2) is 12.4 Å². The molecular weight excluding hydrogens is 202 g/mol. The molecule has 0 saturated carbocycles. The van der Waals surface area contributed by atoms with Crippen LogP contribution in [0.4, 0.5) is 0 Å². The molecule has 0 amide bonds. The molecule has 14 heavy (non-hydrogen) atoms. The van der Waals surface area contributed by atoms with E-state index >= 15 is 0 Å². The summed E-state index contributed by atoms with van der Waals surface area (Å²) >= 11 is 1.60. The summed E-state index contributed by atoms with van der Waals surface area (Å²) < 4.78 is 1.71. The molecule has 2 atom stereocenters. The summed E-state index contributed by atoms with van der Waals surface area (Å²) in [5.41, 5.74) is 1.03. The number of nitrogens with one attached hydrogen (secondary N) is 1. The van der Waals surface area contributed by atoms with Gasteiger partial charge >= 0.3 is 5.97 Å². The SMILES string of the molecule is Cn1cc([C@@H]2N[C@H](C(=O)O)CS2)cn1. The van der Waals surface area contributed by atoms with Crippen molar-refractivity contribution in [3.63, 3.8) is 0 Å². The highest BCUT2D eigenvalue weighted by Crippen LogP contribution is 2.32. The minimum atomic E-state index is -0.788. The van der Waals surface area contributed by atoms with E-state index in [-0.39, 0.29) is 5.37 Å². The molecule has 1 aliphatic heterocycles. The van der Waals surface area contributed by atoms with Crippen LogP contribution in [0.1, 0.15) is 10.9 Å². The number of hydrogen-bond donors (Lipinski definition) is 2. The van der Waals surface area contributed by atoms with E-state index in [1.807, 2.05) is 13.2 Å². The predicted octanol–water partition coefficient (Wildman–Crippen LogP) is 0.208. The average molecular weight is 213 g/mol. The number of thioether (sulfide) groups is 1. The summed E-state index contributed by atoms with van der Waals surface area (Å²) in [7, 11) is 1.85. The molecule has 76 valence electrons. The van der Waals surface area contributed by atoms with Gasteiger partial charge in [-0.2, -0.15) is 5.10 Å². The van der Waals surface area contributed by atoms with Crippen LogP contribution < -0.4 is 5.32 Å². The van der Waals surface area contributed by atoms with Crippen LogP contribution in [0, 0.1) is 0 Å². The van der Waals surface area contributed by atoms with Crippen LogP contribution in [0.2, 0.25) is 0 Å². The number of aromatic nitrogens is 2. The molecule has 0 aromatic carbocycles. The number of rotatable bonds is 2. The second-order valence-electron chi connectivity index (χ2n) is 3.22. The molecular formula is C8H11N3O2S. The van der Waals surface area contributed by atoms with Gasteiger partial charge in [-0.3, -0.25) is 14.8 Å². The van der Waals surface area contributed by atoms with E-state index in [4.69, 9.17) is 5.11 Å². The van der Waals surface area contributed by atoms with E-state index < -0.39 is 12.0 Å². The normalized spacial score (nSPS) is 26.6. The van der Waals surface area contributed by atoms with E-state index in [2.05, 4.69) is 10.4 Å². The summed E-state index contributed by atoms with van der Waals surface area (Å²) in [4.78, 5) is 10.7. The van der Waals surface area contributed by atoms with Crippen molar-refractivity contribution < 1.29 is 9.90 Å². The van der Waals surface area contributed by atoms with Crippen LogP contribution in [-0.4, -0.2) is 32.7 Å². The van der Waals surface area contributed by atoms with Crippen LogP contribution in [0.5, 0.6) is 0 Å². The van der Waals surface area contributed by atoms with E-state index in [9.17, 15) is 4.79 Å². The lowest BCUT2D eigenvalue weighted by Gasteiger charge is -2.07. The fourth-order valence-corrected chi connectivity index (χ4v) is 2.58. The molecule has 2 heterocycles. The first kappa shape index (κ1) is 9.54. The second kappa shape index (κ2) is 3.62. The number of carboxylic acids is 1. The highest BCUT2D eigenvalue weighted by molar-refractivity contribution is 7.99. The Morgan fingerprint density at radius 2 is 2.64 bits per heavy atom. The van der Waals surface area contributed by atoms with Crippen molar-refractivity contribution in [1.29, 1.82) is 0 Å². The van der Waals surface area contributed by atoms with E-state index in [0.29, 0.717) is 5.75 Å². The molecule has 2 N–H and O–H groups in total. The first-order valence-electron chi connectivity index (χ1n) is 4.26. The first-order valence-corrected chi connectivity index (χ1v) is 5.30. The lowest BCUT2D eigenvalue weighted by Crippen LogP contribution is -2.33. The summed E-state index contributed by atoms with van der Waals surface area (Å²) in [6.07, 6.45) is 3.66. The number of carbonyl (C=O) groups is 1. The van der Waals surface area contributed by atoms with Crippen molar-refractivity contribution in [2.45, 2.75) is 11.4 Å². The maximum atomic E-state index is 10.7. The Hall–Kier alpha value is -1.01. The minimum absolute atomic E-state index is 0.0600. The van der Waals surface area contributed by atoms with Crippen LogP contribution in [0.25, 0.3) is 0 Å².